The Morgan fingerprint density at radius 3 is 2.33 bits per heavy atom. The van der Waals surface area contributed by atoms with Gasteiger partial charge in [0.2, 0.25) is 5.91 Å². The lowest BCUT2D eigenvalue weighted by Crippen LogP contribution is -2.47. The second-order valence-electron chi connectivity index (χ2n) is 5.11. The van der Waals surface area contributed by atoms with Crippen molar-refractivity contribution in [1.82, 2.24) is 16.2 Å². The largest absolute Gasteiger partial charge is 0.336 e. The smallest absolute Gasteiger partial charge is 0.333 e. The Kier molecular flexibility index (Phi) is 6.24. The van der Waals surface area contributed by atoms with Crippen LogP contribution in [0.3, 0.4) is 0 Å². The van der Waals surface area contributed by atoms with Crippen molar-refractivity contribution in [3.8, 4) is 0 Å². The zero-order valence-corrected chi connectivity index (χ0v) is 12.8. The summed E-state index contributed by atoms with van der Waals surface area (Å²) in [6.45, 7) is 0.295. The van der Waals surface area contributed by atoms with E-state index < -0.39 is 11.9 Å². The van der Waals surface area contributed by atoms with Gasteiger partial charge in [0.05, 0.1) is 6.42 Å². The average molecular weight is 333 g/mol. The number of nitrogens with one attached hydrogen (secondary N) is 3. The molecule has 3 amide bonds. The van der Waals surface area contributed by atoms with E-state index >= 15 is 0 Å². The monoisotopic (exact) mass is 333 g/mol. The Hall–Kier alpha value is -2.96. The van der Waals surface area contributed by atoms with E-state index in [0.29, 0.717) is 18.5 Å². The first-order chi connectivity index (χ1) is 11.5. The van der Waals surface area contributed by atoms with Gasteiger partial charge in [-0.25, -0.2) is 19.0 Å². The second kappa shape index (κ2) is 8.61. The molecule has 0 fully saturated rings. The first-order valence-corrected chi connectivity index (χ1v) is 7.34. The van der Waals surface area contributed by atoms with Gasteiger partial charge in [0.15, 0.2) is 0 Å². The first-order valence-electron chi connectivity index (χ1n) is 7.34. The van der Waals surface area contributed by atoms with Crippen molar-refractivity contribution < 1.29 is 18.4 Å². The molecule has 0 saturated heterocycles. The number of benzene rings is 2. The number of urea groups is 1. The normalized spacial score (nSPS) is 10.1. The minimum atomic E-state index is -0.571. The van der Waals surface area contributed by atoms with Crippen LogP contribution in [0.15, 0.2) is 48.5 Å². The molecular weight excluding hydrogens is 316 g/mol. The summed E-state index contributed by atoms with van der Waals surface area (Å²) >= 11 is 0. The number of halogens is 2. The average Bonchev–Trinajstić information content (AvgIpc) is 2.55. The van der Waals surface area contributed by atoms with Crippen molar-refractivity contribution in [2.45, 2.75) is 12.8 Å². The standard InChI is InChI=1S/C17H17F2N3O2/c18-14-6-4-13(5-7-14)11-16(23)21-22-17(24)20-9-8-12-2-1-3-15(19)10-12/h1-7,10H,8-9,11H2,(H,21,23)(H2,20,22,24). The van der Waals surface area contributed by atoms with E-state index in [4.69, 9.17) is 0 Å². The first kappa shape index (κ1) is 17.4. The van der Waals surface area contributed by atoms with Gasteiger partial charge in [-0.2, -0.15) is 0 Å². The maximum Gasteiger partial charge on any atom is 0.333 e. The minimum Gasteiger partial charge on any atom is -0.336 e. The van der Waals surface area contributed by atoms with Gasteiger partial charge in [-0.05, 0) is 41.8 Å². The molecule has 0 saturated carbocycles. The molecule has 5 nitrogen and oxygen atoms in total. The van der Waals surface area contributed by atoms with Gasteiger partial charge in [0.1, 0.15) is 11.6 Å². The lowest BCUT2D eigenvalue weighted by Gasteiger charge is -2.09. The van der Waals surface area contributed by atoms with E-state index in [1.165, 1.54) is 36.4 Å². The van der Waals surface area contributed by atoms with E-state index in [1.807, 2.05) is 0 Å². The molecule has 0 aromatic heterocycles. The van der Waals surface area contributed by atoms with Crippen molar-refractivity contribution in [3.05, 3.63) is 71.3 Å². The van der Waals surface area contributed by atoms with Gasteiger partial charge < -0.3 is 5.32 Å². The predicted molar refractivity (Wildman–Crippen MR) is 84.9 cm³/mol. The molecule has 0 aliphatic rings. The Balaban J connectivity index is 1.65. The van der Waals surface area contributed by atoms with Crippen molar-refractivity contribution >= 4 is 11.9 Å². The number of rotatable bonds is 5. The molecule has 0 spiro atoms. The van der Waals surface area contributed by atoms with Gasteiger partial charge in [-0.1, -0.05) is 24.3 Å². The summed E-state index contributed by atoms with van der Waals surface area (Å²) in [5, 5.41) is 2.54. The molecule has 0 bridgehead atoms. The van der Waals surface area contributed by atoms with Crippen LogP contribution in [0.25, 0.3) is 0 Å². The Morgan fingerprint density at radius 2 is 1.62 bits per heavy atom. The summed E-state index contributed by atoms with van der Waals surface area (Å²) in [4.78, 5) is 23.2. The second-order valence-corrected chi connectivity index (χ2v) is 5.11. The lowest BCUT2D eigenvalue weighted by molar-refractivity contribution is -0.121. The van der Waals surface area contributed by atoms with Crippen LogP contribution in [0.5, 0.6) is 0 Å². The number of carbonyl (C=O) groups excluding carboxylic acids is 2. The third kappa shape index (κ3) is 6.04. The zero-order chi connectivity index (χ0) is 17.4. The molecule has 2 rings (SSSR count). The van der Waals surface area contributed by atoms with Crippen LogP contribution in [0.4, 0.5) is 13.6 Å². The SMILES string of the molecule is O=C(Cc1ccc(F)cc1)NNC(=O)NCCc1cccc(F)c1. The molecule has 2 aromatic carbocycles. The molecular formula is C17H17F2N3O2. The fourth-order valence-electron chi connectivity index (χ4n) is 2.02. The summed E-state index contributed by atoms with van der Waals surface area (Å²) < 4.78 is 25.8. The molecule has 3 N–H and O–H groups in total. The van der Waals surface area contributed by atoms with Crippen LogP contribution < -0.4 is 16.2 Å². The highest BCUT2D eigenvalue weighted by Gasteiger charge is 2.05. The lowest BCUT2D eigenvalue weighted by atomic mass is 10.1. The number of hydrazine groups is 1. The van der Waals surface area contributed by atoms with Gasteiger partial charge in [-0.15, -0.1) is 0 Å². The summed E-state index contributed by atoms with van der Waals surface area (Å²) in [6.07, 6.45) is 0.485. The van der Waals surface area contributed by atoms with Crippen LogP contribution >= 0.6 is 0 Å². The van der Waals surface area contributed by atoms with E-state index in [9.17, 15) is 18.4 Å². The van der Waals surface area contributed by atoms with Gasteiger partial charge in [-0.3, -0.25) is 10.2 Å². The van der Waals surface area contributed by atoms with Gasteiger partial charge in [0, 0.05) is 6.54 Å². The van der Waals surface area contributed by atoms with Crippen molar-refractivity contribution in [1.29, 1.82) is 0 Å². The van der Waals surface area contributed by atoms with E-state index in [-0.39, 0.29) is 18.1 Å². The number of hydrogen-bond donors (Lipinski definition) is 3. The third-order valence-corrected chi connectivity index (χ3v) is 3.18. The highest BCUT2D eigenvalue weighted by molar-refractivity contribution is 5.82. The molecule has 24 heavy (non-hydrogen) atoms. The number of hydrogen-bond acceptors (Lipinski definition) is 2. The molecule has 0 aliphatic carbocycles. The van der Waals surface area contributed by atoms with Crippen LogP contribution in [-0.4, -0.2) is 18.5 Å². The van der Waals surface area contributed by atoms with Crippen LogP contribution in [0.2, 0.25) is 0 Å². The highest BCUT2D eigenvalue weighted by atomic mass is 19.1. The van der Waals surface area contributed by atoms with Crippen LogP contribution in [0.1, 0.15) is 11.1 Å². The van der Waals surface area contributed by atoms with Crippen LogP contribution in [0, 0.1) is 11.6 Å². The topological polar surface area (TPSA) is 70.2 Å². The number of carbonyl (C=O) groups is 2. The maximum atomic E-state index is 13.0. The fraction of sp³-hybridized carbons (Fsp3) is 0.176. The third-order valence-electron chi connectivity index (χ3n) is 3.18. The molecule has 7 heteroatoms. The molecule has 0 atom stereocenters. The fourth-order valence-corrected chi connectivity index (χ4v) is 2.02. The predicted octanol–water partition coefficient (Wildman–Crippen LogP) is 2.08. The summed E-state index contributed by atoms with van der Waals surface area (Å²) in [6, 6.07) is 11.0. The van der Waals surface area contributed by atoms with E-state index in [0.717, 1.165) is 5.56 Å². The van der Waals surface area contributed by atoms with E-state index in [2.05, 4.69) is 16.2 Å². The van der Waals surface area contributed by atoms with Crippen molar-refractivity contribution in [2.24, 2.45) is 0 Å². The maximum absolute atomic E-state index is 13.0. The van der Waals surface area contributed by atoms with Crippen molar-refractivity contribution in [2.75, 3.05) is 6.54 Å². The highest BCUT2D eigenvalue weighted by Crippen LogP contribution is 2.04. The van der Waals surface area contributed by atoms with Gasteiger partial charge in [0.25, 0.3) is 0 Å². The number of amides is 3. The molecule has 0 heterocycles. The molecule has 0 aliphatic heterocycles. The molecule has 0 unspecified atom stereocenters. The minimum absolute atomic E-state index is 0.0177. The zero-order valence-electron chi connectivity index (χ0n) is 12.8. The molecule has 2 aromatic rings. The van der Waals surface area contributed by atoms with Crippen molar-refractivity contribution in [3.63, 3.8) is 0 Å². The Morgan fingerprint density at radius 1 is 0.875 bits per heavy atom. The van der Waals surface area contributed by atoms with Gasteiger partial charge >= 0.3 is 6.03 Å². The summed E-state index contributed by atoms with van der Waals surface area (Å²) in [5.74, 6) is -1.14. The van der Waals surface area contributed by atoms with Crippen LogP contribution in [-0.2, 0) is 17.6 Å². The quantitative estimate of drug-likeness (QED) is 0.733. The van der Waals surface area contributed by atoms with E-state index in [1.54, 1.807) is 12.1 Å². The summed E-state index contributed by atoms with van der Waals surface area (Å²) in [7, 11) is 0. The summed E-state index contributed by atoms with van der Waals surface area (Å²) in [5.41, 5.74) is 5.85. The Bertz CT molecular complexity index is 705. The Labute approximate surface area is 138 Å². The molecule has 0 radical (unpaired) electrons. The molecule has 126 valence electrons.